The van der Waals surface area contributed by atoms with Gasteiger partial charge in [-0.15, -0.1) is 0 Å². The number of aliphatic hydroxyl groups excluding tert-OH is 1. The number of nitrogens with zero attached hydrogens (tertiary/aromatic N) is 2. The van der Waals surface area contributed by atoms with Crippen molar-refractivity contribution in [2.24, 2.45) is 0 Å². The molecular formula is C10H18N2O2S. The van der Waals surface area contributed by atoms with Crippen molar-refractivity contribution >= 4 is 16.5 Å². The number of aliphatic hydroxyl groups is 1. The second-order valence-electron chi connectivity index (χ2n) is 3.34. The van der Waals surface area contributed by atoms with E-state index in [2.05, 4.69) is 4.98 Å². The van der Waals surface area contributed by atoms with E-state index in [1.54, 1.807) is 13.1 Å². The highest BCUT2D eigenvalue weighted by atomic mass is 32.1. The summed E-state index contributed by atoms with van der Waals surface area (Å²) in [6, 6.07) is 0. The van der Waals surface area contributed by atoms with Gasteiger partial charge < -0.3 is 14.7 Å². The van der Waals surface area contributed by atoms with Gasteiger partial charge in [0.25, 0.3) is 0 Å². The van der Waals surface area contributed by atoms with E-state index >= 15 is 0 Å². The second kappa shape index (κ2) is 6.05. The normalized spacial score (nSPS) is 12.8. The molecule has 0 amide bonds. The lowest BCUT2D eigenvalue weighted by atomic mass is 10.4. The van der Waals surface area contributed by atoms with E-state index in [-0.39, 0.29) is 0 Å². The molecule has 1 unspecified atom stereocenters. The minimum atomic E-state index is -0.434. The van der Waals surface area contributed by atoms with E-state index in [1.165, 1.54) is 11.3 Å². The molecule has 0 spiro atoms. The molecule has 1 rings (SSSR count). The standard InChI is InChI=1S/C10H18N2O2S/c1-4-14-6-5-12(3)10-11-7-9(15-10)8(2)13/h7-8,13H,4-6H2,1-3H3. The van der Waals surface area contributed by atoms with Gasteiger partial charge in [-0.3, -0.25) is 0 Å². The van der Waals surface area contributed by atoms with Crippen LogP contribution >= 0.6 is 11.3 Å². The van der Waals surface area contributed by atoms with Crippen LogP contribution in [-0.4, -0.2) is 36.9 Å². The van der Waals surface area contributed by atoms with Crippen molar-refractivity contribution in [2.45, 2.75) is 20.0 Å². The summed E-state index contributed by atoms with van der Waals surface area (Å²) < 4.78 is 5.27. The number of thiazole rings is 1. The van der Waals surface area contributed by atoms with Gasteiger partial charge in [0.1, 0.15) is 0 Å². The van der Waals surface area contributed by atoms with E-state index in [4.69, 9.17) is 4.74 Å². The monoisotopic (exact) mass is 230 g/mol. The molecule has 5 heteroatoms. The largest absolute Gasteiger partial charge is 0.388 e. The smallest absolute Gasteiger partial charge is 0.185 e. The molecule has 1 atom stereocenters. The Morgan fingerprint density at radius 2 is 2.40 bits per heavy atom. The molecule has 1 N–H and O–H groups in total. The molecule has 1 aromatic heterocycles. The maximum Gasteiger partial charge on any atom is 0.185 e. The van der Waals surface area contributed by atoms with Gasteiger partial charge in [-0.2, -0.15) is 0 Å². The molecule has 0 aromatic carbocycles. The lowest BCUT2D eigenvalue weighted by Crippen LogP contribution is -2.22. The Labute approximate surface area is 94.5 Å². The van der Waals surface area contributed by atoms with Crippen LogP contribution < -0.4 is 4.90 Å². The zero-order valence-electron chi connectivity index (χ0n) is 9.43. The van der Waals surface area contributed by atoms with Gasteiger partial charge in [-0.1, -0.05) is 11.3 Å². The Morgan fingerprint density at radius 1 is 1.67 bits per heavy atom. The Balaban J connectivity index is 2.47. The highest BCUT2D eigenvalue weighted by Crippen LogP contribution is 2.25. The van der Waals surface area contributed by atoms with Crippen molar-refractivity contribution in [3.8, 4) is 0 Å². The molecule has 0 saturated carbocycles. The van der Waals surface area contributed by atoms with E-state index in [0.29, 0.717) is 6.61 Å². The van der Waals surface area contributed by atoms with Gasteiger partial charge in [0.2, 0.25) is 0 Å². The highest BCUT2D eigenvalue weighted by molar-refractivity contribution is 7.15. The first-order chi connectivity index (χ1) is 7.15. The number of aromatic nitrogens is 1. The number of likely N-dealkylation sites (N-methyl/N-ethyl adjacent to an activating group) is 1. The molecule has 0 saturated heterocycles. The quantitative estimate of drug-likeness (QED) is 0.755. The predicted octanol–water partition coefficient (Wildman–Crippen LogP) is 1.67. The first-order valence-corrected chi connectivity index (χ1v) is 5.89. The molecule has 0 bridgehead atoms. The minimum absolute atomic E-state index is 0.434. The minimum Gasteiger partial charge on any atom is -0.388 e. The zero-order valence-corrected chi connectivity index (χ0v) is 10.3. The van der Waals surface area contributed by atoms with Gasteiger partial charge in [-0.25, -0.2) is 4.98 Å². The molecule has 1 aromatic rings. The van der Waals surface area contributed by atoms with Gasteiger partial charge in [0, 0.05) is 26.4 Å². The molecule has 0 aliphatic carbocycles. The number of anilines is 1. The average molecular weight is 230 g/mol. The number of ether oxygens (including phenoxy) is 1. The van der Waals surface area contributed by atoms with Crippen LogP contribution in [0, 0.1) is 0 Å². The fourth-order valence-corrected chi connectivity index (χ4v) is 1.93. The van der Waals surface area contributed by atoms with Crippen LogP contribution in [0.1, 0.15) is 24.8 Å². The third-order valence-corrected chi connectivity index (χ3v) is 3.31. The summed E-state index contributed by atoms with van der Waals surface area (Å²) >= 11 is 1.52. The summed E-state index contributed by atoms with van der Waals surface area (Å²) in [6.45, 7) is 5.99. The van der Waals surface area contributed by atoms with Crippen LogP contribution in [0.5, 0.6) is 0 Å². The third kappa shape index (κ3) is 3.77. The molecule has 0 aliphatic rings. The lowest BCUT2D eigenvalue weighted by Gasteiger charge is -2.14. The van der Waals surface area contributed by atoms with E-state index in [1.807, 2.05) is 18.9 Å². The SMILES string of the molecule is CCOCCN(C)c1ncc(C(C)O)s1. The van der Waals surface area contributed by atoms with E-state index < -0.39 is 6.10 Å². The summed E-state index contributed by atoms with van der Waals surface area (Å²) in [4.78, 5) is 7.18. The van der Waals surface area contributed by atoms with Crippen molar-refractivity contribution in [3.63, 3.8) is 0 Å². The molecule has 1 heterocycles. The summed E-state index contributed by atoms with van der Waals surface area (Å²) in [5.41, 5.74) is 0. The maximum atomic E-state index is 9.36. The number of hydrogen-bond acceptors (Lipinski definition) is 5. The summed E-state index contributed by atoms with van der Waals surface area (Å²) in [6.07, 6.45) is 1.29. The van der Waals surface area contributed by atoms with Crippen LogP contribution in [0.2, 0.25) is 0 Å². The molecule has 86 valence electrons. The van der Waals surface area contributed by atoms with Gasteiger partial charge in [0.15, 0.2) is 5.13 Å². The van der Waals surface area contributed by atoms with Crippen molar-refractivity contribution < 1.29 is 9.84 Å². The van der Waals surface area contributed by atoms with E-state index in [0.717, 1.165) is 23.2 Å². The topological polar surface area (TPSA) is 45.6 Å². The van der Waals surface area contributed by atoms with Crippen molar-refractivity contribution in [1.29, 1.82) is 0 Å². The Bertz CT molecular complexity index is 289. The first-order valence-electron chi connectivity index (χ1n) is 5.07. The summed E-state index contributed by atoms with van der Waals surface area (Å²) in [5.74, 6) is 0. The van der Waals surface area contributed by atoms with Gasteiger partial charge >= 0.3 is 0 Å². The lowest BCUT2D eigenvalue weighted by molar-refractivity contribution is 0.154. The fourth-order valence-electron chi connectivity index (χ4n) is 1.09. The first kappa shape index (κ1) is 12.4. The van der Waals surface area contributed by atoms with Crippen LogP contribution in [0.25, 0.3) is 0 Å². The summed E-state index contributed by atoms with van der Waals surface area (Å²) in [5, 5.41) is 10.3. The zero-order chi connectivity index (χ0) is 11.3. The van der Waals surface area contributed by atoms with Gasteiger partial charge in [-0.05, 0) is 13.8 Å². The molecule has 0 aliphatic heterocycles. The van der Waals surface area contributed by atoms with Crippen LogP contribution in [0.4, 0.5) is 5.13 Å². The summed E-state index contributed by atoms with van der Waals surface area (Å²) in [7, 11) is 1.98. The molecule has 15 heavy (non-hydrogen) atoms. The van der Waals surface area contributed by atoms with Crippen molar-refractivity contribution in [2.75, 3.05) is 31.7 Å². The van der Waals surface area contributed by atoms with Crippen LogP contribution in [-0.2, 0) is 4.74 Å². The predicted molar refractivity (Wildman–Crippen MR) is 62.5 cm³/mol. The Kier molecular flexibility index (Phi) is 5.01. The van der Waals surface area contributed by atoms with Crippen LogP contribution in [0.3, 0.4) is 0 Å². The number of rotatable bonds is 6. The Hall–Kier alpha value is -0.650. The number of hydrogen-bond donors (Lipinski definition) is 1. The van der Waals surface area contributed by atoms with Crippen molar-refractivity contribution in [3.05, 3.63) is 11.1 Å². The Morgan fingerprint density at radius 3 is 2.93 bits per heavy atom. The third-order valence-electron chi connectivity index (χ3n) is 2.02. The van der Waals surface area contributed by atoms with Crippen LogP contribution in [0.15, 0.2) is 6.20 Å². The molecule has 0 radical (unpaired) electrons. The molecule has 0 fully saturated rings. The fraction of sp³-hybridized carbons (Fsp3) is 0.700. The maximum absolute atomic E-state index is 9.36. The highest BCUT2D eigenvalue weighted by Gasteiger charge is 2.09. The molecule has 4 nitrogen and oxygen atoms in total. The second-order valence-corrected chi connectivity index (χ2v) is 4.38. The molecular weight excluding hydrogens is 212 g/mol. The van der Waals surface area contributed by atoms with Crippen molar-refractivity contribution in [1.82, 2.24) is 4.98 Å². The average Bonchev–Trinajstić information content (AvgIpc) is 2.66. The van der Waals surface area contributed by atoms with Gasteiger partial charge in [0.05, 0.1) is 17.6 Å². The van der Waals surface area contributed by atoms with E-state index in [9.17, 15) is 5.11 Å².